The summed E-state index contributed by atoms with van der Waals surface area (Å²) in [5.41, 5.74) is 2.52. The van der Waals surface area contributed by atoms with E-state index in [4.69, 9.17) is 16.1 Å². The number of hydrogen-bond acceptors (Lipinski definition) is 8. The first-order chi connectivity index (χ1) is 15.2. The van der Waals surface area contributed by atoms with Crippen molar-refractivity contribution in [3.63, 3.8) is 0 Å². The van der Waals surface area contributed by atoms with Crippen LogP contribution in [0.2, 0.25) is 5.15 Å². The zero-order valence-corrected chi connectivity index (χ0v) is 17.7. The Bertz CT molecular complexity index is 1180. The lowest BCUT2D eigenvalue weighted by molar-refractivity contribution is 0.362. The molecule has 0 spiro atoms. The summed E-state index contributed by atoms with van der Waals surface area (Å²) in [4.78, 5) is 15.6. The first-order valence-corrected chi connectivity index (χ1v) is 10.6. The molecule has 1 saturated heterocycles. The maximum atomic E-state index is 6.31. The van der Waals surface area contributed by atoms with E-state index in [2.05, 4.69) is 47.4 Å². The van der Waals surface area contributed by atoms with Crippen LogP contribution in [0.4, 0.5) is 17.6 Å². The number of aromatic nitrogens is 6. The number of aromatic amines is 1. The molecule has 1 unspecified atom stereocenters. The molecule has 10 heteroatoms. The molecule has 4 aromatic heterocycles. The molecule has 2 N–H and O–H groups in total. The van der Waals surface area contributed by atoms with Gasteiger partial charge in [-0.25, -0.2) is 4.98 Å². The molecule has 9 nitrogen and oxygen atoms in total. The van der Waals surface area contributed by atoms with Crippen molar-refractivity contribution in [2.45, 2.75) is 32.2 Å². The summed E-state index contributed by atoms with van der Waals surface area (Å²) < 4.78 is 5.68. The van der Waals surface area contributed by atoms with Crippen LogP contribution in [0.25, 0.3) is 11.4 Å². The van der Waals surface area contributed by atoms with Gasteiger partial charge in [-0.3, -0.25) is 10.1 Å². The van der Waals surface area contributed by atoms with Crippen LogP contribution >= 0.6 is 11.6 Å². The van der Waals surface area contributed by atoms with Gasteiger partial charge in [-0.2, -0.15) is 10.1 Å². The molecule has 0 amide bonds. The van der Waals surface area contributed by atoms with Crippen LogP contribution in [0, 0.1) is 0 Å². The average Bonchev–Trinajstić information content (AvgIpc) is 3.54. The van der Waals surface area contributed by atoms with Crippen molar-refractivity contribution < 1.29 is 4.52 Å². The SMILES string of the molecule is CCc1cc(Nc2cc(Cl)nc(N3CCCC3c3cc(-c4ccccn4)no3)n2)n[nH]1. The van der Waals surface area contributed by atoms with Gasteiger partial charge in [0.2, 0.25) is 5.95 Å². The van der Waals surface area contributed by atoms with Crippen molar-refractivity contribution in [3.8, 4) is 11.4 Å². The summed E-state index contributed by atoms with van der Waals surface area (Å²) in [5.74, 6) is 2.57. The average molecular weight is 437 g/mol. The second kappa shape index (κ2) is 8.35. The molecule has 1 aliphatic rings. The fourth-order valence-corrected chi connectivity index (χ4v) is 3.90. The highest BCUT2D eigenvalue weighted by Gasteiger charge is 2.32. The predicted octanol–water partition coefficient (Wildman–Crippen LogP) is 4.55. The second-order valence-electron chi connectivity index (χ2n) is 7.31. The highest BCUT2D eigenvalue weighted by molar-refractivity contribution is 6.29. The molecule has 0 aliphatic carbocycles. The van der Waals surface area contributed by atoms with Crippen molar-refractivity contribution in [2.75, 3.05) is 16.8 Å². The first-order valence-electron chi connectivity index (χ1n) is 10.2. The van der Waals surface area contributed by atoms with Gasteiger partial charge in [-0.1, -0.05) is 29.7 Å². The van der Waals surface area contributed by atoms with Crippen molar-refractivity contribution in [3.05, 3.63) is 59.2 Å². The lowest BCUT2D eigenvalue weighted by atomic mass is 10.1. The molecule has 5 heterocycles. The number of nitrogens with one attached hydrogen (secondary N) is 2. The van der Waals surface area contributed by atoms with Crippen molar-refractivity contribution in [1.29, 1.82) is 0 Å². The highest BCUT2D eigenvalue weighted by atomic mass is 35.5. The zero-order chi connectivity index (χ0) is 21.2. The van der Waals surface area contributed by atoms with Gasteiger partial charge in [0.25, 0.3) is 0 Å². The molecular formula is C21H21ClN8O. The minimum Gasteiger partial charge on any atom is -0.358 e. The van der Waals surface area contributed by atoms with Gasteiger partial charge in [-0.05, 0) is 31.4 Å². The largest absolute Gasteiger partial charge is 0.358 e. The van der Waals surface area contributed by atoms with Crippen LogP contribution in [0.1, 0.15) is 37.3 Å². The fraction of sp³-hybridized carbons (Fsp3) is 0.286. The number of rotatable bonds is 6. The maximum Gasteiger partial charge on any atom is 0.229 e. The van der Waals surface area contributed by atoms with Crippen molar-refractivity contribution >= 4 is 29.2 Å². The highest BCUT2D eigenvalue weighted by Crippen LogP contribution is 2.36. The number of aryl methyl sites for hydroxylation is 1. The van der Waals surface area contributed by atoms with E-state index in [1.165, 1.54) is 0 Å². The van der Waals surface area contributed by atoms with E-state index >= 15 is 0 Å². The Morgan fingerprint density at radius 2 is 2.13 bits per heavy atom. The second-order valence-corrected chi connectivity index (χ2v) is 7.70. The Balaban J connectivity index is 1.40. The molecule has 0 aromatic carbocycles. The van der Waals surface area contributed by atoms with E-state index in [0.29, 0.717) is 28.4 Å². The van der Waals surface area contributed by atoms with Crippen molar-refractivity contribution in [2.24, 2.45) is 0 Å². The lowest BCUT2D eigenvalue weighted by Crippen LogP contribution is -2.24. The molecule has 5 rings (SSSR count). The van der Waals surface area contributed by atoms with Gasteiger partial charge in [0.1, 0.15) is 16.7 Å². The number of H-pyrrole nitrogens is 1. The first kappa shape index (κ1) is 19.5. The van der Waals surface area contributed by atoms with Gasteiger partial charge in [0.05, 0.1) is 11.7 Å². The van der Waals surface area contributed by atoms with Gasteiger partial charge in [-0.15, -0.1) is 0 Å². The molecule has 0 radical (unpaired) electrons. The van der Waals surface area contributed by atoms with Gasteiger partial charge in [0, 0.05) is 36.6 Å². The molecule has 1 atom stereocenters. The molecule has 1 fully saturated rings. The molecule has 158 valence electrons. The summed E-state index contributed by atoms with van der Waals surface area (Å²) in [7, 11) is 0. The smallest absolute Gasteiger partial charge is 0.229 e. The van der Waals surface area contributed by atoms with E-state index in [1.54, 1.807) is 12.3 Å². The molecule has 31 heavy (non-hydrogen) atoms. The number of anilines is 3. The van der Waals surface area contributed by atoms with E-state index in [9.17, 15) is 0 Å². The van der Waals surface area contributed by atoms with Crippen LogP contribution in [0.3, 0.4) is 0 Å². The molecule has 4 aromatic rings. The summed E-state index contributed by atoms with van der Waals surface area (Å²) in [6.45, 7) is 2.86. The monoisotopic (exact) mass is 436 g/mol. The lowest BCUT2D eigenvalue weighted by Gasteiger charge is -2.23. The summed E-state index contributed by atoms with van der Waals surface area (Å²) in [5, 5.41) is 15.0. The minimum absolute atomic E-state index is 0.0200. The standard InChI is InChI=1S/C21H21ClN8O/c1-2-13-10-20(28-27-13)25-19-12-18(22)24-21(26-19)30-9-5-7-16(30)17-11-15(29-31-17)14-6-3-4-8-23-14/h3-4,6,8,10-12,16H,2,5,7,9H2,1H3,(H2,24,25,26,27,28). The van der Waals surface area contributed by atoms with E-state index in [1.807, 2.05) is 30.3 Å². The van der Waals surface area contributed by atoms with E-state index in [0.717, 1.165) is 43.0 Å². The summed E-state index contributed by atoms with van der Waals surface area (Å²) >= 11 is 6.31. The van der Waals surface area contributed by atoms with Crippen LogP contribution in [0.5, 0.6) is 0 Å². The third kappa shape index (κ3) is 4.09. The van der Waals surface area contributed by atoms with Crippen LogP contribution in [-0.4, -0.2) is 36.9 Å². The summed E-state index contributed by atoms with van der Waals surface area (Å²) in [6, 6.07) is 11.3. The zero-order valence-electron chi connectivity index (χ0n) is 16.9. The summed E-state index contributed by atoms with van der Waals surface area (Å²) in [6.07, 6.45) is 4.51. The number of nitrogens with zero attached hydrogens (tertiary/aromatic N) is 6. The number of pyridine rings is 1. The van der Waals surface area contributed by atoms with Crippen LogP contribution in [-0.2, 0) is 6.42 Å². The van der Waals surface area contributed by atoms with Gasteiger partial charge < -0.3 is 14.7 Å². The maximum absolute atomic E-state index is 6.31. The third-order valence-corrected chi connectivity index (χ3v) is 5.44. The Kier molecular flexibility index (Phi) is 5.25. The third-order valence-electron chi connectivity index (χ3n) is 5.24. The Morgan fingerprint density at radius 3 is 2.94 bits per heavy atom. The normalized spacial score (nSPS) is 16.1. The van der Waals surface area contributed by atoms with Gasteiger partial charge in [0.15, 0.2) is 11.6 Å². The van der Waals surface area contributed by atoms with Crippen molar-refractivity contribution in [1.82, 2.24) is 30.3 Å². The molecule has 0 saturated carbocycles. The minimum atomic E-state index is -0.0200. The quantitative estimate of drug-likeness (QED) is 0.423. The number of hydrogen-bond donors (Lipinski definition) is 2. The molecule has 1 aliphatic heterocycles. The fourth-order valence-electron chi connectivity index (χ4n) is 3.72. The van der Waals surface area contributed by atoms with Crippen LogP contribution < -0.4 is 10.2 Å². The Morgan fingerprint density at radius 1 is 1.19 bits per heavy atom. The van der Waals surface area contributed by atoms with E-state index in [-0.39, 0.29) is 6.04 Å². The Labute approximate surface area is 183 Å². The Hall–Kier alpha value is -3.46. The van der Waals surface area contributed by atoms with Crippen LogP contribution in [0.15, 0.2) is 47.1 Å². The predicted molar refractivity (Wildman–Crippen MR) is 117 cm³/mol. The number of halogens is 1. The van der Waals surface area contributed by atoms with Gasteiger partial charge >= 0.3 is 0 Å². The molecule has 0 bridgehead atoms. The van der Waals surface area contributed by atoms with E-state index < -0.39 is 0 Å². The molecular weight excluding hydrogens is 416 g/mol. The topological polar surface area (TPSA) is 109 Å².